The van der Waals surface area contributed by atoms with Crippen LogP contribution in [-0.2, 0) is 4.79 Å². The third-order valence-corrected chi connectivity index (χ3v) is 6.50. The molecule has 0 aliphatic heterocycles. The molecule has 5 rings (SSSR count). The average molecular weight is 537 g/mol. The summed E-state index contributed by atoms with van der Waals surface area (Å²) in [4.78, 5) is 36.6. The van der Waals surface area contributed by atoms with Crippen LogP contribution >= 0.6 is 0 Å². The van der Waals surface area contributed by atoms with Gasteiger partial charge in [0.25, 0.3) is 0 Å². The van der Waals surface area contributed by atoms with Gasteiger partial charge in [0.15, 0.2) is 5.82 Å². The minimum atomic E-state index is 0.530. The lowest BCUT2D eigenvalue weighted by Gasteiger charge is -2.18. The molecule has 0 saturated carbocycles. The van der Waals surface area contributed by atoms with Crippen LogP contribution in [0.15, 0.2) is 72.8 Å². The van der Waals surface area contributed by atoms with Gasteiger partial charge in [-0.25, -0.2) is 19.9 Å². The topological polar surface area (TPSA) is 112 Å². The number of anilines is 3. The highest BCUT2D eigenvalue weighted by molar-refractivity contribution is 5.89. The Kier molecular flexibility index (Phi) is 7.97. The molecule has 10 heteroatoms. The first-order valence-electron chi connectivity index (χ1n) is 13.0. The number of fused-ring (bicyclic) bond motifs is 2. The molecule has 0 bridgehead atoms. The summed E-state index contributed by atoms with van der Waals surface area (Å²) in [5, 5.41) is 3.36. The van der Waals surface area contributed by atoms with Gasteiger partial charge in [0.05, 0.1) is 22.9 Å². The zero-order valence-electron chi connectivity index (χ0n) is 23.0. The van der Waals surface area contributed by atoms with Gasteiger partial charge < -0.3 is 19.9 Å². The number of carbonyl (C=O) groups is 1. The normalized spacial score (nSPS) is 11.8. The van der Waals surface area contributed by atoms with Crippen molar-refractivity contribution >= 4 is 45.8 Å². The van der Waals surface area contributed by atoms with E-state index < -0.39 is 0 Å². The Balaban J connectivity index is 1.33. The fourth-order valence-electron chi connectivity index (χ4n) is 4.22. The Morgan fingerprint density at radius 2 is 1.90 bits per heavy atom. The van der Waals surface area contributed by atoms with Crippen molar-refractivity contribution in [1.29, 1.82) is 0 Å². The molecule has 10 nitrogen and oxygen atoms in total. The number of pyridine rings is 1. The number of hydrogen-bond acceptors (Lipinski definition) is 8. The number of aromatic amines is 1. The fourth-order valence-corrected chi connectivity index (χ4v) is 4.22. The maximum Gasteiger partial charge on any atom is 0.215 e. The second-order valence-corrected chi connectivity index (χ2v) is 9.91. The smallest absolute Gasteiger partial charge is 0.215 e. The van der Waals surface area contributed by atoms with Crippen molar-refractivity contribution in [2.45, 2.75) is 20.3 Å². The number of benzene rings is 2. The molecule has 3 aromatic heterocycles. The first kappa shape index (κ1) is 26.8. The zero-order valence-corrected chi connectivity index (χ0v) is 23.0. The van der Waals surface area contributed by atoms with Crippen LogP contribution in [0.2, 0.25) is 0 Å². The SMILES string of the molecule is C/C(=C/CN(C)C)CCN(C=O)c1ccc2ncnc(Nc3ccc(Oc4ccc5nc[nH]c5c4)c(C)c3)c2n1. The summed E-state index contributed by atoms with van der Waals surface area (Å²) in [5.41, 5.74) is 6.07. The molecule has 1 amide bonds. The Morgan fingerprint density at radius 3 is 2.70 bits per heavy atom. The molecule has 204 valence electrons. The number of H-pyrrole nitrogens is 1. The minimum absolute atomic E-state index is 0.530. The van der Waals surface area contributed by atoms with Crippen molar-refractivity contribution in [1.82, 2.24) is 29.8 Å². The number of rotatable bonds is 11. The quantitative estimate of drug-likeness (QED) is 0.166. The van der Waals surface area contributed by atoms with E-state index in [1.54, 1.807) is 11.2 Å². The van der Waals surface area contributed by atoms with Gasteiger partial charge in [-0.2, -0.15) is 0 Å². The number of aromatic nitrogens is 5. The van der Waals surface area contributed by atoms with Crippen LogP contribution in [0.3, 0.4) is 0 Å². The van der Waals surface area contributed by atoms with Crippen LogP contribution in [0.25, 0.3) is 22.1 Å². The molecule has 0 aliphatic carbocycles. The molecule has 0 radical (unpaired) electrons. The Morgan fingerprint density at radius 1 is 1.05 bits per heavy atom. The largest absolute Gasteiger partial charge is 0.457 e. The number of carbonyl (C=O) groups excluding carboxylic acids is 1. The van der Waals surface area contributed by atoms with Crippen LogP contribution in [0.4, 0.5) is 17.3 Å². The molecule has 40 heavy (non-hydrogen) atoms. The molecule has 0 aliphatic rings. The molecule has 0 fully saturated rings. The van der Waals surface area contributed by atoms with Gasteiger partial charge in [-0.05, 0) is 82.4 Å². The predicted molar refractivity (Wildman–Crippen MR) is 158 cm³/mol. The van der Waals surface area contributed by atoms with Crippen molar-refractivity contribution < 1.29 is 9.53 Å². The number of aryl methyl sites for hydroxylation is 1. The summed E-state index contributed by atoms with van der Waals surface area (Å²) in [7, 11) is 4.06. The lowest BCUT2D eigenvalue weighted by atomic mass is 10.2. The maximum absolute atomic E-state index is 11.9. The molecule has 2 aromatic carbocycles. The number of nitrogens with zero attached hydrogens (tertiary/aromatic N) is 6. The van der Waals surface area contributed by atoms with E-state index in [4.69, 9.17) is 9.72 Å². The highest BCUT2D eigenvalue weighted by Crippen LogP contribution is 2.31. The highest BCUT2D eigenvalue weighted by Gasteiger charge is 2.13. The van der Waals surface area contributed by atoms with Crippen molar-refractivity contribution in [2.24, 2.45) is 0 Å². The lowest BCUT2D eigenvalue weighted by Crippen LogP contribution is -2.23. The summed E-state index contributed by atoms with van der Waals surface area (Å²) in [6, 6.07) is 15.2. The van der Waals surface area contributed by atoms with Gasteiger partial charge in [0.1, 0.15) is 29.2 Å². The first-order valence-corrected chi connectivity index (χ1v) is 13.0. The van der Waals surface area contributed by atoms with E-state index in [0.29, 0.717) is 29.2 Å². The van der Waals surface area contributed by atoms with Crippen molar-refractivity contribution in [2.75, 3.05) is 37.4 Å². The second-order valence-electron chi connectivity index (χ2n) is 9.91. The molecule has 2 N–H and O–H groups in total. The van der Waals surface area contributed by atoms with Crippen molar-refractivity contribution in [3.8, 4) is 11.5 Å². The molecule has 0 atom stereocenters. The van der Waals surface area contributed by atoms with Crippen LogP contribution in [0.1, 0.15) is 18.9 Å². The maximum atomic E-state index is 11.9. The van der Waals surface area contributed by atoms with E-state index in [1.807, 2.05) is 69.6 Å². The van der Waals surface area contributed by atoms with E-state index in [-0.39, 0.29) is 0 Å². The fraction of sp³-hybridized carbons (Fsp3) is 0.233. The van der Waals surface area contributed by atoms with E-state index in [1.165, 1.54) is 11.9 Å². The standard InChI is InChI=1S/C30H32N8O2/c1-20(11-13-37(3)4)12-14-38(19-39)28-10-8-25-29(36-28)30(34-18-32-25)35-22-5-9-27(21(2)15-22)40-23-6-7-24-26(16-23)33-17-31-24/h5-11,15-19H,12-14H2,1-4H3,(H,31,33)(H,32,34,35)/b20-11-. The van der Waals surface area contributed by atoms with Gasteiger partial charge in [0, 0.05) is 24.8 Å². The molecule has 3 heterocycles. The van der Waals surface area contributed by atoms with Gasteiger partial charge in [0.2, 0.25) is 6.41 Å². The second kappa shape index (κ2) is 11.9. The summed E-state index contributed by atoms with van der Waals surface area (Å²) in [6.45, 7) is 5.45. The van der Waals surface area contributed by atoms with Crippen molar-refractivity contribution in [3.63, 3.8) is 0 Å². The van der Waals surface area contributed by atoms with Crippen LogP contribution in [-0.4, -0.2) is 63.4 Å². The summed E-state index contributed by atoms with van der Waals surface area (Å²) in [6.07, 6.45) is 6.90. The molecular weight excluding hydrogens is 504 g/mol. The minimum Gasteiger partial charge on any atom is -0.457 e. The number of amides is 1. The Hall–Kier alpha value is -4.83. The highest BCUT2D eigenvalue weighted by atomic mass is 16.5. The number of imidazole rings is 1. The average Bonchev–Trinajstić information content (AvgIpc) is 3.42. The van der Waals surface area contributed by atoms with Gasteiger partial charge in [-0.15, -0.1) is 0 Å². The molecule has 0 saturated heterocycles. The summed E-state index contributed by atoms with van der Waals surface area (Å²) < 4.78 is 6.12. The van der Waals surface area contributed by atoms with Gasteiger partial charge >= 0.3 is 0 Å². The van der Waals surface area contributed by atoms with E-state index >= 15 is 0 Å². The number of likely N-dealkylation sites (N-methyl/N-ethyl adjacent to an activating group) is 1. The number of nitrogens with one attached hydrogen (secondary N) is 2. The Labute approximate surface area is 232 Å². The molecule has 5 aromatic rings. The third kappa shape index (κ3) is 6.24. The van der Waals surface area contributed by atoms with Crippen molar-refractivity contribution in [3.05, 3.63) is 78.4 Å². The van der Waals surface area contributed by atoms with E-state index in [2.05, 4.69) is 43.2 Å². The molecule has 0 spiro atoms. The van der Waals surface area contributed by atoms with Gasteiger partial charge in [-0.1, -0.05) is 11.6 Å². The first-order chi connectivity index (χ1) is 19.4. The van der Waals surface area contributed by atoms with Gasteiger partial charge in [-0.3, -0.25) is 9.69 Å². The monoisotopic (exact) mass is 536 g/mol. The lowest BCUT2D eigenvalue weighted by molar-refractivity contribution is -0.107. The molecule has 0 unspecified atom stereocenters. The van der Waals surface area contributed by atoms with Crippen LogP contribution < -0.4 is 15.0 Å². The summed E-state index contributed by atoms with van der Waals surface area (Å²) >= 11 is 0. The van der Waals surface area contributed by atoms with E-state index in [0.717, 1.165) is 53.2 Å². The Bertz CT molecular complexity index is 1680. The molecular formula is C30H32N8O2. The van der Waals surface area contributed by atoms with E-state index in [9.17, 15) is 4.79 Å². The zero-order chi connectivity index (χ0) is 28.1. The van der Waals surface area contributed by atoms with Crippen LogP contribution in [0, 0.1) is 6.92 Å². The summed E-state index contributed by atoms with van der Waals surface area (Å²) in [5.74, 6) is 2.57. The number of ether oxygens (including phenoxy) is 1. The third-order valence-electron chi connectivity index (χ3n) is 6.50. The predicted octanol–water partition coefficient (Wildman–Crippen LogP) is 5.61. The van der Waals surface area contributed by atoms with Crippen LogP contribution in [0.5, 0.6) is 11.5 Å². The number of hydrogen-bond donors (Lipinski definition) is 2.